The standard InChI is InChI=1S/C33H45N7O7S/c34-40-39-27-9-8-25-21-24(5-7-26(25)22-27)6-10-31(42)36-12-14-45-16-18-47-20-19-46-17-15-44-13-11-35-30(41)4-2-1-3-29-32-28(23-48-29)37-33(43)38-32/h5-10,21-22,28-29,32H,1-4,11-20,23H2,(H,35,41)(H,36,42)(H2,37,38,43)/b10-6+/t28-,29-,32-/m0/s1. The van der Waals surface area contributed by atoms with Crippen LogP contribution in [0.3, 0.4) is 0 Å². The van der Waals surface area contributed by atoms with Crippen LogP contribution in [-0.4, -0.2) is 107 Å². The van der Waals surface area contributed by atoms with E-state index in [1.807, 2.05) is 42.1 Å². The Morgan fingerprint density at radius 3 is 2.29 bits per heavy atom. The number of hydrogen-bond donors (Lipinski definition) is 4. The Bertz CT molecular complexity index is 1420. The fourth-order valence-electron chi connectivity index (χ4n) is 5.33. The van der Waals surface area contributed by atoms with Crippen LogP contribution in [0, 0.1) is 0 Å². The van der Waals surface area contributed by atoms with Crippen molar-refractivity contribution in [2.24, 2.45) is 5.11 Å². The van der Waals surface area contributed by atoms with Crippen molar-refractivity contribution in [2.45, 2.75) is 43.0 Å². The van der Waals surface area contributed by atoms with Gasteiger partial charge in [-0.1, -0.05) is 35.8 Å². The number of unbranched alkanes of at least 4 members (excludes halogenated alkanes) is 1. The summed E-state index contributed by atoms with van der Waals surface area (Å²) < 4.78 is 22.0. The van der Waals surface area contributed by atoms with Crippen LogP contribution in [0.2, 0.25) is 0 Å². The lowest BCUT2D eigenvalue weighted by molar-refractivity contribution is -0.121. The van der Waals surface area contributed by atoms with Crippen molar-refractivity contribution in [2.75, 3.05) is 71.7 Å². The van der Waals surface area contributed by atoms with Crippen molar-refractivity contribution in [1.82, 2.24) is 21.3 Å². The molecule has 0 spiro atoms. The van der Waals surface area contributed by atoms with Gasteiger partial charge in [0, 0.05) is 47.2 Å². The molecule has 48 heavy (non-hydrogen) atoms. The molecular weight excluding hydrogens is 638 g/mol. The molecular formula is C33H45N7O7S. The van der Waals surface area contributed by atoms with Gasteiger partial charge in [-0.3, -0.25) is 9.59 Å². The molecule has 2 aliphatic heterocycles. The molecule has 4 N–H and O–H groups in total. The third-order valence-electron chi connectivity index (χ3n) is 7.75. The second-order valence-corrected chi connectivity index (χ2v) is 12.5. The van der Waals surface area contributed by atoms with Crippen LogP contribution in [0.25, 0.3) is 27.3 Å². The molecule has 0 bridgehead atoms. The zero-order valence-corrected chi connectivity index (χ0v) is 27.9. The number of nitrogens with one attached hydrogen (secondary N) is 4. The first-order valence-corrected chi connectivity index (χ1v) is 17.4. The minimum atomic E-state index is -0.209. The van der Waals surface area contributed by atoms with Crippen molar-refractivity contribution >= 4 is 52.1 Å². The van der Waals surface area contributed by atoms with E-state index in [4.69, 9.17) is 24.5 Å². The molecule has 0 saturated carbocycles. The Morgan fingerprint density at radius 2 is 1.56 bits per heavy atom. The molecule has 4 rings (SSSR count). The average Bonchev–Trinajstić information content (AvgIpc) is 3.64. The molecule has 2 aromatic carbocycles. The first-order valence-electron chi connectivity index (χ1n) is 16.3. The van der Waals surface area contributed by atoms with Crippen LogP contribution in [-0.2, 0) is 28.5 Å². The molecule has 0 unspecified atom stereocenters. The summed E-state index contributed by atoms with van der Waals surface area (Å²) in [5, 5.41) is 17.6. The molecule has 2 heterocycles. The fourth-order valence-corrected chi connectivity index (χ4v) is 6.88. The van der Waals surface area contributed by atoms with Gasteiger partial charge in [0.1, 0.15) is 0 Å². The quantitative estimate of drug-likeness (QED) is 0.0340. The Hall–Kier alpha value is -3.85. The molecule has 2 saturated heterocycles. The monoisotopic (exact) mass is 683 g/mol. The zero-order chi connectivity index (χ0) is 33.8. The first kappa shape index (κ1) is 37.0. The Labute approximate surface area is 284 Å². The predicted molar refractivity (Wildman–Crippen MR) is 185 cm³/mol. The van der Waals surface area contributed by atoms with Crippen molar-refractivity contribution in [3.63, 3.8) is 0 Å². The summed E-state index contributed by atoms with van der Waals surface area (Å²) in [6, 6.07) is 11.6. The number of thioether (sulfide) groups is 1. The molecule has 3 atom stereocenters. The van der Waals surface area contributed by atoms with Gasteiger partial charge in [-0.05, 0) is 52.9 Å². The predicted octanol–water partition coefficient (Wildman–Crippen LogP) is 3.82. The number of carbonyl (C=O) groups is 3. The molecule has 260 valence electrons. The third-order valence-corrected chi connectivity index (χ3v) is 9.25. The SMILES string of the molecule is [N-]=[N+]=Nc1ccc2cc(/C=C/C(=O)NCCOCCOCCOCCOCCNC(=O)CCCC[C@@H]3SC[C@@H]4NC(=O)N[C@@H]43)ccc2c1. The molecule has 14 nitrogen and oxygen atoms in total. The van der Waals surface area contributed by atoms with Gasteiger partial charge < -0.3 is 40.2 Å². The Kier molecular flexibility index (Phi) is 16.3. The number of nitrogens with zero attached hydrogens (tertiary/aromatic N) is 3. The van der Waals surface area contributed by atoms with Gasteiger partial charge in [0.05, 0.1) is 64.9 Å². The molecule has 0 aliphatic carbocycles. The molecule has 15 heteroatoms. The van der Waals surface area contributed by atoms with Gasteiger partial charge >= 0.3 is 6.03 Å². The van der Waals surface area contributed by atoms with E-state index in [-0.39, 0.29) is 29.9 Å². The summed E-state index contributed by atoms with van der Waals surface area (Å²) in [6.45, 7) is 4.27. The van der Waals surface area contributed by atoms with E-state index in [0.29, 0.717) is 83.3 Å². The highest BCUT2D eigenvalue weighted by atomic mass is 32.2. The number of rotatable bonds is 23. The van der Waals surface area contributed by atoms with E-state index in [2.05, 4.69) is 31.3 Å². The maximum atomic E-state index is 12.1. The van der Waals surface area contributed by atoms with E-state index < -0.39 is 0 Å². The summed E-state index contributed by atoms with van der Waals surface area (Å²) in [5.41, 5.74) is 10.0. The highest BCUT2D eigenvalue weighted by Gasteiger charge is 2.42. The van der Waals surface area contributed by atoms with Crippen molar-refractivity contribution in [3.8, 4) is 0 Å². The highest BCUT2D eigenvalue weighted by molar-refractivity contribution is 8.00. The number of hydrogen-bond acceptors (Lipinski definition) is 9. The largest absolute Gasteiger partial charge is 0.377 e. The topological polar surface area (TPSA) is 185 Å². The fraction of sp³-hybridized carbons (Fsp3) is 0.545. The van der Waals surface area contributed by atoms with Crippen LogP contribution in [0.5, 0.6) is 0 Å². The van der Waals surface area contributed by atoms with Gasteiger partial charge in [0.15, 0.2) is 0 Å². The second kappa shape index (κ2) is 21.2. The summed E-state index contributed by atoms with van der Waals surface area (Å²) in [4.78, 5) is 38.4. The maximum Gasteiger partial charge on any atom is 0.315 e. The van der Waals surface area contributed by atoms with E-state index in [9.17, 15) is 14.4 Å². The van der Waals surface area contributed by atoms with E-state index in [1.54, 1.807) is 12.1 Å². The molecule has 4 amide bonds. The van der Waals surface area contributed by atoms with E-state index >= 15 is 0 Å². The molecule has 0 radical (unpaired) electrons. The number of fused-ring (bicyclic) bond motifs is 2. The van der Waals surface area contributed by atoms with Gasteiger partial charge in [-0.25, -0.2) is 4.79 Å². The smallest absolute Gasteiger partial charge is 0.315 e. The van der Waals surface area contributed by atoms with Crippen LogP contribution in [0.4, 0.5) is 10.5 Å². The third kappa shape index (κ3) is 13.3. The van der Waals surface area contributed by atoms with E-state index in [1.165, 1.54) is 6.08 Å². The number of benzene rings is 2. The minimum Gasteiger partial charge on any atom is -0.377 e. The van der Waals surface area contributed by atoms with Crippen molar-refractivity contribution in [1.29, 1.82) is 0 Å². The average molecular weight is 684 g/mol. The normalized spacial score (nSPS) is 18.3. The zero-order valence-electron chi connectivity index (χ0n) is 27.1. The molecule has 2 aromatic rings. The maximum absolute atomic E-state index is 12.1. The second-order valence-electron chi connectivity index (χ2n) is 11.3. The highest BCUT2D eigenvalue weighted by Crippen LogP contribution is 2.33. The van der Waals surface area contributed by atoms with Crippen molar-refractivity contribution in [3.05, 3.63) is 58.5 Å². The Balaban J connectivity index is 0.874. The summed E-state index contributed by atoms with van der Waals surface area (Å²) >= 11 is 1.90. The summed E-state index contributed by atoms with van der Waals surface area (Å²) in [6.07, 6.45) is 6.52. The first-order chi connectivity index (χ1) is 23.5. The molecule has 2 fully saturated rings. The molecule has 2 aliphatic rings. The lowest BCUT2D eigenvalue weighted by Crippen LogP contribution is -2.36. The van der Waals surface area contributed by atoms with Gasteiger partial charge in [-0.15, -0.1) is 0 Å². The Morgan fingerprint density at radius 1 is 0.896 bits per heavy atom. The van der Waals surface area contributed by atoms with Crippen LogP contribution in [0.15, 0.2) is 47.6 Å². The summed E-state index contributed by atoms with van der Waals surface area (Å²) in [5.74, 6) is 0.776. The summed E-state index contributed by atoms with van der Waals surface area (Å²) in [7, 11) is 0. The van der Waals surface area contributed by atoms with Crippen LogP contribution >= 0.6 is 11.8 Å². The minimum absolute atomic E-state index is 0.0321. The number of ether oxygens (including phenoxy) is 4. The number of carbonyl (C=O) groups excluding carboxylic acids is 3. The molecule has 0 aromatic heterocycles. The number of amides is 4. The number of urea groups is 1. The van der Waals surface area contributed by atoms with Crippen LogP contribution < -0.4 is 21.3 Å². The lowest BCUT2D eigenvalue weighted by Gasteiger charge is -2.16. The van der Waals surface area contributed by atoms with Gasteiger partial charge in [-0.2, -0.15) is 11.8 Å². The lowest BCUT2D eigenvalue weighted by atomic mass is 10.0. The number of azide groups is 1. The van der Waals surface area contributed by atoms with E-state index in [0.717, 1.165) is 41.4 Å². The van der Waals surface area contributed by atoms with Gasteiger partial charge in [0.2, 0.25) is 11.8 Å². The van der Waals surface area contributed by atoms with Gasteiger partial charge in [0.25, 0.3) is 0 Å². The van der Waals surface area contributed by atoms with Crippen LogP contribution in [0.1, 0.15) is 31.2 Å². The van der Waals surface area contributed by atoms with Crippen molar-refractivity contribution < 1.29 is 33.3 Å².